The smallest absolute Gasteiger partial charge is 0.228 e. The zero-order valence-corrected chi connectivity index (χ0v) is 20.5. The lowest BCUT2D eigenvalue weighted by Crippen LogP contribution is -2.15. The van der Waals surface area contributed by atoms with Crippen LogP contribution in [0.4, 0.5) is 0 Å². The Labute approximate surface area is 212 Å². The number of aromatic hydroxyl groups is 1. The Morgan fingerprint density at radius 3 is 2.49 bits per heavy atom. The van der Waals surface area contributed by atoms with Crippen LogP contribution in [0.5, 0.6) is 34.6 Å². The largest absolute Gasteiger partial charge is 0.508 e. The maximum Gasteiger partial charge on any atom is 0.228 e. The second-order valence-corrected chi connectivity index (χ2v) is 8.66. The van der Waals surface area contributed by atoms with E-state index in [1.807, 2.05) is 48.5 Å². The molecule has 1 N–H and O–H groups in total. The standard InChI is InChI=1S/C28H24N4O5/c1-34-19-8-4-16(5-9-19)12-24-30-27-26-25(17-6-11-21(35-2)23(13-17)36-3)20-10-7-18(33)14-22(20)37-28(26)29-15-32(27)31-24/h4-11,13-15,25,33H,12H2,1-3H3/t25-/m0/s1. The average molecular weight is 497 g/mol. The third-order valence-corrected chi connectivity index (χ3v) is 6.50. The summed E-state index contributed by atoms with van der Waals surface area (Å²) in [7, 11) is 4.86. The molecule has 0 aliphatic carbocycles. The van der Waals surface area contributed by atoms with Gasteiger partial charge in [0, 0.05) is 24.0 Å². The van der Waals surface area contributed by atoms with E-state index in [4.69, 9.17) is 23.9 Å². The van der Waals surface area contributed by atoms with Crippen LogP contribution in [0.3, 0.4) is 0 Å². The second kappa shape index (κ2) is 9.02. The van der Waals surface area contributed by atoms with Crippen LogP contribution in [0.15, 0.2) is 67.0 Å². The van der Waals surface area contributed by atoms with Crippen molar-refractivity contribution in [3.8, 4) is 34.6 Å². The molecule has 9 heteroatoms. The molecule has 1 atom stereocenters. The normalized spacial score (nSPS) is 14.0. The van der Waals surface area contributed by atoms with Crippen LogP contribution < -0.4 is 18.9 Å². The van der Waals surface area contributed by atoms with Crippen molar-refractivity contribution >= 4 is 5.65 Å². The number of phenolic OH excluding ortho intramolecular Hbond substituents is 1. The summed E-state index contributed by atoms with van der Waals surface area (Å²) < 4.78 is 24.1. The van der Waals surface area contributed by atoms with Gasteiger partial charge in [-0.2, -0.15) is 0 Å². The van der Waals surface area contributed by atoms with E-state index in [-0.39, 0.29) is 11.7 Å². The van der Waals surface area contributed by atoms with E-state index in [2.05, 4.69) is 10.1 Å². The van der Waals surface area contributed by atoms with Crippen LogP contribution in [-0.2, 0) is 6.42 Å². The van der Waals surface area contributed by atoms with Gasteiger partial charge in [0.25, 0.3) is 0 Å². The lowest BCUT2D eigenvalue weighted by Gasteiger charge is -2.28. The molecule has 1 aliphatic rings. The van der Waals surface area contributed by atoms with Gasteiger partial charge in [-0.05, 0) is 41.5 Å². The first-order valence-corrected chi connectivity index (χ1v) is 11.7. The fraction of sp³-hybridized carbons (Fsp3) is 0.179. The molecule has 0 unspecified atom stereocenters. The zero-order valence-electron chi connectivity index (χ0n) is 20.5. The minimum absolute atomic E-state index is 0.110. The predicted molar refractivity (Wildman–Crippen MR) is 135 cm³/mol. The SMILES string of the molecule is COc1ccc(Cc2nc3c4c(ncn3n2)Oc2cc(O)ccc2[C@@H]4c2ccc(OC)c(OC)c2)cc1. The highest BCUT2D eigenvalue weighted by Crippen LogP contribution is 2.49. The van der Waals surface area contributed by atoms with Crippen molar-refractivity contribution in [3.63, 3.8) is 0 Å². The minimum Gasteiger partial charge on any atom is -0.508 e. The van der Waals surface area contributed by atoms with Crippen molar-refractivity contribution in [1.29, 1.82) is 0 Å². The molecule has 0 saturated carbocycles. The molecule has 6 rings (SSSR count). The molecule has 0 amide bonds. The number of rotatable bonds is 6. The third kappa shape index (κ3) is 3.94. The topological polar surface area (TPSA) is 100 Å². The highest BCUT2D eigenvalue weighted by Gasteiger charge is 2.34. The molecule has 0 bridgehead atoms. The number of nitrogens with zero attached hydrogens (tertiary/aromatic N) is 4. The Morgan fingerprint density at radius 1 is 0.919 bits per heavy atom. The molecule has 3 heterocycles. The summed E-state index contributed by atoms with van der Waals surface area (Å²) in [6, 6.07) is 18.7. The summed E-state index contributed by atoms with van der Waals surface area (Å²) in [6.07, 6.45) is 2.14. The van der Waals surface area contributed by atoms with Gasteiger partial charge in [0.05, 0.1) is 26.9 Å². The molecular formula is C28H24N4O5. The molecule has 3 aromatic carbocycles. The van der Waals surface area contributed by atoms with Crippen molar-refractivity contribution in [2.45, 2.75) is 12.3 Å². The molecule has 0 fully saturated rings. The number of ether oxygens (including phenoxy) is 4. The minimum atomic E-state index is -0.298. The van der Waals surface area contributed by atoms with Gasteiger partial charge in [0.1, 0.15) is 23.6 Å². The highest BCUT2D eigenvalue weighted by molar-refractivity contribution is 5.67. The number of hydrogen-bond acceptors (Lipinski definition) is 8. The van der Waals surface area contributed by atoms with Crippen molar-refractivity contribution < 1.29 is 24.1 Å². The lowest BCUT2D eigenvalue weighted by atomic mass is 9.83. The van der Waals surface area contributed by atoms with E-state index in [9.17, 15) is 5.11 Å². The molecule has 0 radical (unpaired) electrons. The average Bonchev–Trinajstić information content (AvgIpc) is 3.34. The fourth-order valence-corrected chi connectivity index (χ4v) is 4.73. The summed E-state index contributed by atoms with van der Waals surface area (Å²) in [5.41, 5.74) is 4.29. The number of methoxy groups -OCH3 is 3. The van der Waals surface area contributed by atoms with E-state index in [0.29, 0.717) is 41.0 Å². The van der Waals surface area contributed by atoms with Crippen LogP contribution in [0, 0.1) is 0 Å². The van der Waals surface area contributed by atoms with E-state index < -0.39 is 0 Å². The van der Waals surface area contributed by atoms with Crippen LogP contribution in [0.1, 0.15) is 34.0 Å². The van der Waals surface area contributed by atoms with Gasteiger partial charge >= 0.3 is 0 Å². The van der Waals surface area contributed by atoms with Gasteiger partial charge in [-0.1, -0.05) is 24.3 Å². The van der Waals surface area contributed by atoms with Gasteiger partial charge in [0.15, 0.2) is 23.0 Å². The quantitative estimate of drug-likeness (QED) is 0.353. The summed E-state index contributed by atoms with van der Waals surface area (Å²) in [5.74, 6) is 3.44. The van der Waals surface area contributed by atoms with Crippen LogP contribution in [0.2, 0.25) is 0 Å². The Bertz CT molecular complexity index is 1610. The number of fused-ring (bicyclic) bond motifs is 4. The summed E-state index contributed by atoms with van der Waals surface area (Å²) in [5, 5.41) is 14.8. The van der Waals surface area contributed by atoms with Crippen LogP contribution in [0.25, 0.3) is 5.65 Å². The monoisotopic (exact) mass is 496 g/mol. The van der Waals surface area contributed by atoms with Crippen molar-refractivity contribution in [2.24, 2.45) is 0 Å². The maximum absolute atomic E-state index is 10.1. The zero-order chi connectivity index (χ0) is 25.5. The van der Waals surface area contributed by atoms with E-state index >= 15 is 0 Å². The van der Waals surface area contributed by atoms with E-state index in [1.165, 1.54) is 0 Å². The van der Waals surface area contributed by atoms with Crippen molar-refractivity contribution in [1.82, 2.24) is 19.6 Å². The highest BCUT2D eigenvalue weighted by atomic mass is 16.5. The number of aromatic nitrogens is 4. The first-order valence-electron chi connectivity index (χ1n) is 11.7. The lowest BCUT2D eigenvalue weighted by molar-refractivity contribution is 0.354. The van der Waals surface area contributed by atoms with Crippen molar-refractivity contribution in [3.05, 3.63) is 95.1 Å². The van der Waals surface area contributed by atoms with Crippen LogP contribution >= 0.6 is 0 Å². The summed E-state index contributed by atoms with van der Waals surface area (Å²) in [4.78, 5) is 9.46. The first kappa shape index (κ1) is 22.7. The van der Waals surface area contributed by atoms with E-state index in [0.717, 1.165) is 28.0 Å². The maximum atomic E-state index is 10.1. The molecule has 9 nitrogen and oxygen atoms in total. The third-order valence-electron chi connectivity index (χ3n) is 6.50. The Hall–Kier alpha value is -4.79. The molecule has 0 spiro atoms. The van der Waals surface area contributed by atoms with Gasteiger partial charge in [-0.15, -0.1) is 5.10 Å². The van der Waals surface area contributed by atoms with Crippen molar-refractivity contribution in [2.75, 3.05) is 21.3 Å². The molecule has 0 saturated heterocycles. The van der Waals surface area contributed by atoms with Gasteiger partial charge in [-0.25, -0.2) is 14.5 Å². The first-order chi connectivity index (χ1) is 18.1. The molecule has 186 valence electrons. The molecular weight excluding hydrogens is 472 g/mol. The van der Waals surface area contributed by atoms with E-state index in [1.54, 1.807) is 44.3 Å². The van der Waals surface area contributed by atoms with Gasteiger partial charge in [0.2, 0.25) is 5.88 Å². The molecule has 2 aromatic heterocycles. The molecule has 5 aromatic rings. The summed E-state index contributed by atoms with van der Waals surface area (Å²) in [6.45, 7) is 0. The predicted octanol–water partition coefficient (Wildman–Crippen LogP) is 4.73. The molecule has 37 heavy (non-hydrogen) atoms. The van der Waals surface area contributed by atoms with Crippen LogP contribution in [-0.4, -0.2) is 46.0 Å². The number of phenols is 1. The fourth-order valence-electron chi connectivity index (χ4n) is 4.73. The van der Waals surface area contributed by atoms with Gasteiger partial charge < -0.3 is 24.1 Å². The van der Waals surface area contributed by atoms with Gasteiger partial charge in [-0.3, -0.25) is 0 Å². The number of benzene rings is 3. The Morgan fingerprint density at radius 2 is 1.73 bits per heavy atom. The second-order valence-electron chi connectivity index (χ2n) is 8.66. The number of hydrogen-bond donors (Lipinski definition) is 1. The Kier molecular flexibility index (Phi) is 5.52. The Balaban J connectivity index is 1.50. The summed E-state index contributed by atoms with van der Waals surface area (Å²) >= 11 is 0. The molecule has 1 aliphatic heterocycles.